The second-order valence-electron chi connectivity index (χ2n) is 5.51. The van der Waals surface area contributed by atoms with E-state index in [1.165, 1.54) is 5.56 Å². The van der Waals surface area contributed by atoms with E-state index in [2.05, 4.69) is 23.4 Å². The van der Waals surface area contributed by atoms with Crippen molar-refractivity contribution in [2.24, 2.45) is 0 Å². The van der Waals surface area contributed by atoms with E-state index in [4.69, 9.17) is 15.9 Å². The molecular weight excluding hydrogens is 286 g/mol. The number of terminal acetylenes is 1. The number of nitrogens with one attached hydrogen (secondary N) is 1. The lowest BCUT2D eigenvalue weighted by molar-refractivity contribution is 0.242. The second-order valence-corrected chi connectivity index (χ2v) is 5.51. The van der Waals surface area contributed by atoms with Crippen LogP contribution in [-0.2, 0) is 13.1 Å². The molecule has 3 nitrogen and oxygen atoms in total. The molecule has 0 saturated heterocycles. The smallest absolute Gasteiger partial charge is 0.148 e. The summed E-state index contributed by atoms with van der Waals surface area (Å²) >= 11 is 0. The lowest BCUT2D eigenvalue weighted by Crippen LogP contribution is -2.13. The maximum atomic E-state index is 5.64. The Morgan fingerprint density at radius 3 is 2.48 bits per heavy atom. The number of hydrogen-bond acceptors (Lipinski definition) is 3. The Bertz CT molecular complexity index is 641. The van der Waals surface area contributed by atoms with Crippen molar-refractivity contribution in [2.45, 2.75) is 33.0 Å². The standard InChI is InChI=1S/C20H23NO2/c1-4-13-22-20-8-6-5-7-18(20)15-21-14-17-9-11-19(12-10-17)23-16(2)3/h1,5-12,16,21H,13-15H2,2-3H3. The van der Waals surface area contributed by atoms with Gasteiger partial charge in [-0.3, -0.25) is 0 Å². The molecule has 0 aromatic heterocycles. The van der Waals surface area contributed by atoms with Gasteiger partial charge in [0.1, 0.15) is 18.1 Å². The van der Waals surface area contributed by atoms with E-state index in [1.807, 2.05) is 50.2 Å². The molecule has 0 heterocycles. The maximum Gasteiger partial charge on any atom is 0.148 e. The first-order valence-corrected chi connectivity index (χ1v) is 7.79. The zero-order valence-corrected chi connectivity index (χ0v) is 13.7. The summed E-state index contributed by atoms with van der Waals surface area (Å²) in [6.45, 7) is 5.84. The van der Waals surface area contributed by atoms with Crippen LogP contribution in [0.3, 0.4) is 0 Å². The van der Waals surface area contributed by atoms with Gasteiger partial charge in [-0.1, -0.05) is 36.3 Å². The summed E-state index contributed by atoms with van der Waals surface area (Å²) < 4.78 is 11.2. The van der Waals surface area contributed by atoms with Crippen molar-refractivity contribution in [2.75, 3.05) is 6.61 Å². The fourth-order valence-corrected chi connectivity index (χ4v) is 2.21. The molecule has 23 heavy (non-hydrogen) atoms. The monoisotopic (exact) mass is 309 g/mol. The first kappa shape index (κ1) is 16.9. The van der Waals surface area contributed by atoms with E-state index in [9.17, 15) is 0 Å². The molecule has 0 amide bonds. The highest BCUT2D eigenvalue weighted by molar-refractivity contribution is 5.33. The number of hydrogen-bond donors (Lipinski definition) is 1. The van der Waals surface area contributed by atoms with Gasteiger partial charge in [0.25, 0.3) is 0 Å². The topological polar surface area (TPSA) is 30.5 Å². The molecule has 3 heteroatoms. The highest BCUT2D eigenvalue weighted by atomic mass is 16.5. The van der Waals surface area contributed by atoms with E-state index in [0.29, 0.717) is 0 Å². The SMILES string of the molecule is C#CCOc1ccccc1CNCc1ccc(OC(C)C)cc1. The molecule has 0 unspecified atom stereocenters. The molecule has 0 aliphatic carbocycles. The second kappa shape index (κ2) is 8.87. The average Bonchev–Trinajstić information content (AvgIpc) is 2.55. The minimum absolute atomic E-state index is 0.193. The molecule has 2 aromatic carbocycles. The number of benzene rings is 2. The Balaban J connectivity index is 1.86. The van der Waals surface area contributed by atoms with Crippen LogP contribution in [0.5, 0.6) is 11.5 Å². The van der Waals surface area contributed by atoms with E-state index in [1.54, 1.807) is 0 Å². The zero-order valence-electron chi connectivity index (χ0n) is 13.7. The summed E-state index contributed by atoms with van der Waals surface area (Å²) in [6.07, 6.45) is 5.44. The zero-order chi connectivity index (χ0) is 16.5. The van der Waals surface area contributed by atoms with Crippen molar-refractivity contribution in [3.8, 4) is 23.8 Å². The van der Waals surface area contributed by atoms with Crippen molar-refractivity contribution in [1.29, 1.82) is 0 Å². The van der Waals surface area contributed by atoms with Gasteiger partial charge >= 0.3 is 0 Å². The van der Waals surface area contributed by atoms with E-state index >= 15 is 0 Å². The van der Waals surface area contributed by atoms with Gasteiger partial charge < -0.3 is 14.8 Å². The molecule has 0 spiro atoms. The van der Waals surface area contributed by atoms with Gasteiger partial charge in [0, 0.05) is 18.7 Å². The third kappa shape index (κ3) is 5.69. The van der Waals surface area contributed by atoms with E-state index < -0.39 is 0 Å². The molecule has 0 atom stereocenters. The molecule has 0 bridgehead atoms. The fourth-order valence-electron chi connectivity index (χ4n) is 2.21. The number of ether oxygens (including phenoxy) is 2. The van der Waals surface area contributed by atoms with Crippen LogP contribution in [0.1, 0.15) is 25.0 Å². The van der Waals surface area contributed by atoms with Crippen LogP contribution in [0, 0.1) is 12.3 Å². The van der Waals surface area contributed by atoms with Crippen LogP contribution < -0.4 is 14.8 Å². The van der Waals surface area contributed by atoms with E-state index in [0.717, 1.165) is 30.2 Å². The first-order valence-electron chi connectivity index (χ1n) is 7.79. The molecular formula is C20H23NO2. The molecule has 0 radical (unpaired) electrons. The van der Waals surface area contributed by atoms with Crippen LogP contribution in [-0.4, -0.2) is 12.7 Å². The Hall–Kier alpha value is -2.44. The summed E-state index contributed by atoms with van der Waals surface area (Å²) in [7, 11) is 0. The Labute approximate surface area is 138 Å². The fraction of sp³-hybridized carbons (Fsp3) is 0.300. The third-order valence-corrected chi connectivity index (χ3v) is 3.22. The predicted molar refractivity (Wildman–Crippen MR) is 93.5 cm³/mol. The van der Waals surface area contributed by atoms with Crippen LogP contribution in [0.25, 0.3) is 0 Å². The highest BCUT2D eigenvalue weighted by Crippen LogP contribution is 2.18. The van der Waals surface area contributed by atoms with Crippen molar-refractivity contribution in [3.05, 3.63) is 59.7 Å². The van der Waals surface area contributed by atoms with Crippen molar-refractivity contribution in [3.63, 3.8) is 0 Å². The summed E-state index contributed by atoms with van der Waals surface area (Å²) in [5.74, 6) is 4.22. The Morgan fingerprint density at radius 2 is 1.78 bits per heavy atom. The minimum atomic E-state index is 0.193. The average molecular weight is 309 g/mol. The molecule has 120 valence electrons. The van der Waals surface area contributed by atoms with Gasteiger partial charge in [0.15, 0.2) is 0 Å². The summed E-state index contributed by atoms with van der Waals surface area (Å²) in [4.78, 5) is 0. The van der Waals surface area contributed by atoms with Crippen molar-refractivity contribution < 1.29 is 9.47 Å². The molecule has 0 aliphatic rings. The van der Waals surface area contributed by atoms with Gasteiger partial charge in [-0.15, -0.1) is 6.42 Å². The summed E-state index contributed by atoms with van der Waals surface area (Å²) in [5, 5.41) is 3.42. The quantitative estimate of drug-likeness (QED) is 0.753. The van der Waals surface area contributed by atoms with Crippen molar-refractivity contribution in [1.82, 2.24) is 5.32 Å². The van der Waals surface area contributed by atoms with Gasteiger partial charge in [0.05, 0.1) is 6.10 Å². The number of para-hydroxylation sites is 1. The molecule has 0 fully saturated rings. The molecule has 0 aliphatic heterocycles. The largest absolute Gasteiger partial charge is 0.491 e. The molecule has 2 rings (SSSR count). The summed E-state index contributed by atoms with van der Waals surface area (Å²) in [5.41, 5.74) is 2.31. The minimum Gasteiger partial charge on any atom is -0.491 e. The maximum absolute atomic E-state index is 5.64. The van der Waals surface area contributed by atoms with Gasteiger partial charge in [0.2, 0.25) is 0 Å². The predicted octanol–water partition coefficient (Wildman–Crippen LogP) is 3.78. The lowest BCUT2D eigenvalue weighted by atomic mass is 10.2. The highest BCUT2D eigenvalue weighted by Gasteiger charge is 2.03. The Morgan fingerprint density at radius 1 is 1.04 bits per heavy atom. The van der Waals surface area contributed by atoms with Crippen molar-refractivity contribution >= 4 is 0 Å². The van der Waals surface area contributed by atoms with Gasteiger partial charge in [-0.25, -0.2) is 0 Å². The van der Waals surface area contributed by atoms with E-state index in [-0.39, 0.29) is 12.7 Å². The molecule has 2 aromatic rings. The van der Waals surface area contributed by atoms with Crippen LogP contribution >= 0.6 is 0 Å². The normalized spacial score (nSPS) is 10.3. The van der Waals surface area contributed by atoms with Gasteiger partial charge in [-0.2, -0.15) is 0 Å². The Kier molecular flexibility index (Phi) is 6.53. The van der Waals surface area contributed by atoms with Crippen LogP contribution in [0.15, 0.2) is 48.5 Å². The first-order chi connectivity index (χ1) is 11.2. The molecule has 0 saturated carbocycles. The third-order valence-electron chi connectivity index (χ3n) is 3.22. The number of rotatable bonds is 8. The molecule has 1 N–H and O–H groups in total. The van der Waals surface area contributed by atoms with Crippen LogP contribution in [0.4, 0.5) is 0 Å². The van der Waals surface area contributed by atoms with Crippen LogP contribution in [0.2, 0.25) is 0 Å². The van der Waals surface area contributed by atoms with Gasteiger partial charge in [-0.05, 0) is 37.6 Å². The summed E-state index contributed by atoms with van der Waals surface area (Å²) in [6, 6.07) is 16.1. The lowest BCUT2D eigenvalue weighted by Gasteiger charge is -2.12.